The summed E-state index contributed by atoms with van der Waals surface area (Å²) in [6.07, 6.45) is 1.75. The number of anilines is 1. The smallest absolute Gasteiger partial charge is 0.317 e. The fourth-order valence-electron chi connectivity index (χ4n) is 3.19. The molecule has 0 atom stereocenters. The molecule has 0 bridgehead atoms. The van der Waals surface area contributed by atoms with Gasteiger partial charge in [0, 0.05) is 38.4 Å². The number of carbonyl (C=O) groups excluding carboxylic acids is 1. The Morgan fingerprint density at radius 1 is 0.962 bits per heavy atom. The monoisotopic (exact) mass is 355 g/mol. The molecule has 0 spiro atoms. The summed E-state index contributed by atoms with van der Waals surface area (Å²) in [7, 11) is 0. The Kier molecular flexibility index (Phi) is 6.10. The van der Waals surface area contributed by atoms with Crippen LogP contribution in [0.4, 0.5) is 14.9 Å². The zero-order valence-corrected chi connectivity index (χ0v) is 15.2. The number of nitrogens with one attached hydrogen (secondary N) is 1. The van der Waals surface area contributed by atoms with Gasteiger partial charge in [-0.1, -0.05) is 31.2 Å². The number of piperazine rings is 1. The van der Waals surface area contributed by atoms with Crippen molar-refractivity contribution in [3.8, 4) is 0 Å². The number of amides is 2. The first-order valence-corrected chi connectivity index (χ1v) is 9.27. The molecule has 1 N–H and O–H groups in total. The van der Waals surface area contributed by atoms with E-state index in [2.05, 4.69) is 41.4 Å². The quantitative estimate of drug-likeness (QED) is 0.891. The molecule has 0 saturated carbocycles. The largest absolute Gasteiger partial charge is 0.368 e. The SMILES string of the molecule is CCc1ccc(N2CCN(C(=O)NCCc3ccc(F)cc3)CC2)cc1. The van der Waals surface area contributed by atoms with E-state index >= 15 is 0 Å². The molecule has 1 fully saturated rings. The number of nitrogens with zero attached hydrogens (tertiary/aromatic N) is 2. The van der Waals surface area contributed by atoms with Crippen LogP contribution in [0.3, 0.4) is 0 Å². The number of aryl methyl sites for hydroxylation is 1. The Morgan fingerprint density at radius 2 is 1.58 bits per heavy atom. The Bertz CT molecular complexity index is 707. The van der Waals surface area contributed by atoms with Gasteiger partial charge in [-0.2, -0.15) is 0 Å². The van der Waals surface area contributed by atoms with Gasteiger partial charge >= 0.3 is 6.03 Å². The maximum absolute atomic E-state index is 12.9. The third-order valence-electron chi connectivity index (χ3n) is 4.88. The number of urea groups is 1. The van der Waals surface area contributed by atoms with Gasteiger partial charge in [-0.15, -0.1) is 0 Å². The van der Waals surface area contributed by atoms with E-state index in [0.29, 0.717) is 13.0 Å². The van der Waals surface area contributed by atoms with Crippen LogP contribution in [0, 0.1) is 5.82 Å². The van der Waals surface area contributed by atoms with E-state index in [1.807, 2.05) is 4.90 Å². The molecule has 1 aliphatic heterocycles. The number of carbonyl (C=O) groups is 1. The Labute approximate surface area is 154 Å². The van der Waals surface area contributed by atoms with Gasteiger partial charge < -0.3 is 15.1 Å². The van der Waals surface area contributed by atoms with Crippen LogP contribution in [0.1, 0.15) is 18.1 Å². The summed E-state index contributed by atoms with van der Waals surface area (Å²) in [6.45, 7) is 5.84. The Balaban J connectivity index is 1.42. The summed E-state index contributed by atoms with van der Waals surface area (Å²) in [5, 5.41) is 2.96. The normalized spacial score (nSPS) is 14.4. The second-order valence-corrected chi connectivity index (χ2v) is 6.60. The minimum absolute atomic E-state index is 0.0203. The summed E-state index contributed by atoms with van der Waals surface area (Å²) in [4.78, 5) is 16.5. The zero-order chi connectivity index (χ0) is 18.4. The van der Waals surface area contributed by atoms with Gasteiger partial charge in [0.2, 0.25) is 0 Å². The van der Waals surface area contributed by atoms with Gasteiger partial charge in [0.15, 0.2) is 0 Å². The molecule has 2 amide bonds. The molecule has 5 heteroatoms. The zero-order valence-electron chi connectivity index (χ0n) is 15.2. The Hall–Kier alpha value is -2.56. The highest BCUT2D eigenvalue weighted by molar-refractivity contribution is 5.74. The molecule has 1 saturated heterocycles. The van der Waals surface area contributed by atoms with Crippen molar-refractivity contribution in [1.29, 1.82) is 0 Å². The van der Waals surface area contributed by atoms with Crippen LogP contribution in [0.5, 0.6) is 0 Å². The van der Waals surface area contributed by atoms with Crippen LogP contribution in [-0.2, 0) is 12.8 Å². The first kappa shape index (κ1) is 18.2. The molecule has 0 aliphatic carbocycles. The average Bonchev–Trinajstić information content (AvgIpc) is 2.69. The molecule has 0 aromatic heterocycles. The lowest BCUT2D eigenvalue weighted by Crippen LogP contribution is -2.52. The van der Waals surface area contributed by atoms with Crippen molar-refractivity contribution in [2.75, 3.05) is 37.6 Å². The molecule has 2 aromatic rings. The summed E-state index contributed by atoms with van der Waals surface area (Å²) in [5.74, 6) is -0.236. The van der Waals surface area contributed by atoms with Crippen molar-refractivity contribution in [1.82, 2.24) is 10.2 Å². The molecular formula is C21H26FN3O. The Morgan fingerprint density at radius 3 is 2.19 bits per heavy atom. The third-order valence-corrected chi connectivity index (χ3v) is 4.88. The van der Waals surface area contributed by atoms with Gasteiger partial charge in [0.1, 0.15) is 5.82 Å². The summed E-state index contributed by atoms with van der Waals surface area (Å²) >= 11 is 0. The van der Waals surface area contributed by atoms with E-state index in [9.17, 15) is 9.18 Å². The first-order valence-electron chi connectivity index (χ1n) is 9.27. The van der Waals surface area contributed by atoms with Crippen molar-refractivity contribution in [3.63, 3.8) is 0 Å². The molecule has 26 heavy (non-hydrogen) atoms. The average molecular weight is 355 g/mol. The van der Waals surface area contributed by atoms with Crippen LogP contribution in [0.25, 0.3) is 0 Å². The van der Waals surface area contributed by atoms with Crippen molar-refractivity contribution in [3.05, 3.63) is 65.5 Å². The lowest BCUT2D eigenvalue weighted by Gasteiger charge is -2.36. The van der Waals surface area contributed by atoms with Gasteiger partial charge in [0.25, 0.3) is 0 Å². The van der Waals surface area contributed by atoms with Crippen molar-refractivity contribution >= 4 is 11.7 Å². The predicted molar refractivity (Wildman–Crippen MR) is 103 cm³/mol. The van der Waals surface area contributed by atoms with E-state index in [0.717, 1.165) is 38.2 Å². The molecular weight excluding hydrogens is 329 g/mol. The molecule has 4 nitrogen and oxygen atoms in total. The van der Waals surface area contributed by atoms with Crippen LogP contribution in [0.2, 0.25) is 0 Å². The molecule has 3 rings (SSSR count). The molecule has 138 valence electrons. The number of benzene rings is 2. The lowest BCUT2D eigenvalue weighted by atomic mass is 10.1. The number of hydrogen-bond donors (Lipinski definition) is 1. The number of rotatable bonds is 5. The second-order valence-electron chi connectivity index (χ2n) is 6.60. The van der Waals surface area contributed by atoms with Gasteiger partial charge in [0.05, 0.1) is 0 Å². The lowest BCUT2D eigenvalue weighted by molar-refractivity contribution is 0.194. The van der Waals surface area contributed by atoms with E-state index in [1.165, 1.54) is 23.4 Å². The summed E-state index contributed by atoms with van der Waals surface area (Å²) < 4.78 is 12.9. The number of halogens is 1. The number of hydrogen-bond acceptors (Lipinski definition) is 2. The maximum Gasteiger partial charge on any atom is 0.317 e. The fraction of sp³-hybridized carbons (Fsp3) is 0.381. The first-order chi connectivity index (χ1) is 12.7. The highest BCUT2D eigenvalue weighted by atomic mass is 19.1. The van der Waals surface area contributed by atoms with Crippen LogP contribution in [-0.4, -0.2) is 43.7 Å². The molecule has 2 aromatic carbocycles. The van der Waals surface area contributed by atoms with Crippen molar-refractivity contribution < 1.29 is 9.18 Å². The summed E-state index contributed by atoms with van der Waals surface area (Å²) in [5.41, 5.74) is 3.58. The van der Waals surface area contributed by atoms with Crippen molar-refractivity contribution in [2.45, 2.75) is 19.8 Å². The van der Waals surface area contributed by atoms with Crippen LogP contribution < -0.4 is 10.2 Å². The van der Waals surface area contributed by atoms with Gasteiger partial charge in [-0.25, -0.2) is 9.18 Å². The van der Waals surface area contributed by atoms with Gasteiger partial charge in [-0.05, 0) is 48.2 Å². The van der Waals surface area contributed by atoms with Crippen molar-refractivity contribution in [2.24, 2.45) is 0 Å². The molecule has 1 heterocycles. The minimum Gasteiger partial charge on any atom is -0.368 e. The van der Waals surface area contributed by atoms with Crippen LogP contribution >= 0.6 is 0 Å². The van der Waals surface area contributed by atoms with Crippen LogP contribution in [0.15, 0.2) is 48.5 Å². The van der Waals surface area contributed by atoms with E-state index < -0.39 is 0 Å². The third kappa shape index (κ3) is 4.75. The van der Waals surface area contributed by atoms with E-state index in [1.54, 1.807) is 12.1 Å². The topological polar surface area (TPSA) is 35.6 Å². The maximum atomic E-state index is 12.9. The predicted octanol–water partition coefficient (Wildman–Crippen LogP) is 3.46. The highest BCUT2D eigenvalue weighted by Gasteiger charge is 2.20. The van der Waals surface area contributed by atoms with Gasteiger partial charge in [-0.3, -0.25) is 0 Å². The molecule has 1 aliphatic rings. The molecule has 0 unspecified atom stereocenters. The van der Waals surface area contributed by atoms with E-state index in [-0.39, 0.29) is 11.8 Å². The minimum atomic E-state index is -0.236. The highest BCUT2D eigenvalue weighted by Crippen LogP contribution is 2.17. The summed E-state index contributed by atoms with van der Waals surface area (Å²) in [6, 6.07) is 15.1. The fourth-order valence-corrected chi connectivity index (χ4v) is 3.19. The molecule has 0 radical (unpaired) electrons. The standard InChI is InChI=1S/C21H26FN3O/c1-2-17-5-9-20(10-6-17)24-13-15-25(16-14-24)21(26)23-12-11-18-3-7-19(22)8-4-18/h3-10H,2,11-16H2,1H3,(H,23,26). The van der Waals surface area contributed by atoms with E-state index in [4.69, 9.17) is 0 Å². The second kappa shape index (κ2) is 8.70.